The summed E-state index contributed by atoms with van der Waals surface area (Å²) in [7, 11) is 0. The molecule has 1 N–H and O–H groups in total. The Bertz CT molecular complexity index is 127. The Morgan fingerprint density at radius 3 is 2.83 bits per heavy atom. The van der Waals surface area contributed by atoms with E-state index in [1.165, 1.54) is 25.1 Å². The van der Waals surface area contributed by atoms with Crippen LogP contribution in [0, 0.1) is 5.92 Å². The van der Waals surface area contributed by atoms with Crippen LogP contribution in [0.15, 0.2) is 0 Å². The van der Waals surface area contributed by atoms with Crippen LogP contribution in [0.2, 0.25) is 0 Å². The highest BCUT2D eigenvalue weighted by molar-refractivity contribution is 8.00. The van der Waals surface area contributed by atoms with E-state index in [0.717, 1.165) is 17.2 Å². The lowest BCUT2D eigenvalue weighted by molar-refractivity contribution is 0.450. The van der Waals surface area contributed by atoms with Crippen molar-refractivity contribution in [3.05, 3.63) is 0 Å². The number of rotatable bonds is 4. The topological polar surface area (TPSA) is 12.0 Å². The Kier molecular flexibility index (Phi) is 4.44. The van der Waals surface area contributed by atoms with Crippen molar-refractivity contribution >= 4 is 11.8 Å². The van der Waals surface area contributed by atoms with Crippen LogP contribution < -0.4 is 5.32 Å². The van der Waals surface area contributed by atoms with E-state index in [2.05, 4.69) is 37.8 Å². The molecule has 0 spiro atoms. The summed E-state index contributed by atoms with van der Waals surface area (Å²) < 4.78 is 0. The zero-order valence-electron chi connectivity index (χ0n) is 8.47. The van der Waals surface area contributed by atoms with E-state index in [4.69, 9.17) is 0 Å². The summed E-state index contributed by atoms with van der Waals surface area (Å²) in [6.07, 6.45) is 2.66. The monoisotopic (exact) mass is 187 g/mol. The summed E-state index contributed by atoms with van der Waals surface area (Å²) in [6.45, 7) is 8.11. The molecule has 0 aromatic heterocycles. The molecule has 2 heteroatoms. The van der Waals surface area contributed by atoms with Gasteiger partial charge in [-0.15, -0.1) is 0 Å². The van der Waals surface area contributed by atoms with Crippen molar-refractivity contribution in [2.45, 2.75) is 44.9 Å². The Morgan fingerprint density at radius 1 is 1.58 bits per heavy atom. The maximum Gasteiger partial charge on any atom is 0.0168 e. The average Bonchev–Trinajstić information content (AvgIpc) is 2.47. The zero-order chi connectivity index (χ0) is 8.97. The van der Waals surface area contributed by atoms with Gasteiger partial charge >= 0.3 is 0 Å². The average molecular weight is 187 g/mol. The minimum Gasteiger partial charge on any atom is -0.313 e. The molecule has 0 bridgehead atoms. The Labute approximate surface area is 80.7 Å². The summed E-state index contributed by atoms with van der Waals surface area (Å²) in [5.74, 6) is 2.16. The second-order valence-electron chi connectivity index (χ2n) is 4.00. The smallest absolute Gasteiger partial charge is 0.0168 e. The van der Waals surface area contributed by atoms with Gasteiger partial charge in [-0.25, -0.2) is 0 Å². The van der Waals surface area contributed by atoms with Crippen LogP contribution in [0.4, 0.5) is 0 Å². The first-order chi connectivity index (χ1) is 5.72. The second kappa shape index (κ2) is 5.13. The molecule has 1 saturated heterocycles. The number of hydrogen-bond donors (Lipinski definition) is 1. The van der Waals surface area contributed by atoms with Crippen LogP contribution in [-0.2, 0) is 0 Å². The summed E-state index contributed by atoms with van der Waals surface area (Å²) in [4.78, 5) is 0. The first-order valence-corrected chi connectivity index (χ1v) is 6.12. The van der Waals surface area contributed by atoms with Gasteiger partial charge in [0.05, 0.1) is 0 Å². The molecule has 1 nitrogen and oxygen atoms in total. The molecule has 0 aliphatic carbocycles. The summed E-state index contributed by atoms with van der Waals surface area (Å²) in [5, 5.41) is 4.52. The van der Waals surface area contributed by atoms with E-state index < -0.39 is 0 Å². The first-order valence-electron chi connectivity index (χ1n) is 5.07. The van der Waals surface area contributed by atoms with Gasteiger partial charge in [-0.1, -0.05) is 27.2 Å². The summed E-state index contributed by atoms with van der Waals surface area (Å²) in [6, 6.07) is 0.791. The van der Waals surface area contributed by atoms with Gasteiger partial charge in [0, 0.05) is 17.0 Å². The van der Waals surface area contributed by atoms with E-state index in [1.807, 2.05) is 0 Å². The highest BCUT2D eigenvalue weighted by Gasteiger charge is 2.21. The predicted octanol–water partition coefficient (Wildman–Crippen LogP) is 2.52. The molecule has 0 saturated carbocycles. The molecular weight excluding hydrogens is 166 g/mol. The first kappa shape index (κ1) is 10.4. The van der Waals surface area contributed by atoms with Crippen molar-refractivity contribution < 1.29 is 0 Å². The van der Waals surface area contributed by atoms with Gasteiger partial charge in [0.15, 0.2) is 0 Å². The standard InChI is InChI=1S/C10H21NS/c1-4-8(2)6-11-10-5-9(3)12-7-10/h8-11H,4-7H2,1-3H3. The number of thioether (sulfide) groups is 1. The lowest BCUT2D eigenvalue weighted by atomic mass is 10.1. The van der Waals surface area contributed by atoms with Gasteiger partial charge in [-0.05, 0) is 18.9 Å². The fourth-order valence-corrected chi connectivity index (χ4v) is 2.65. The molecule has 0 aromatic rings. The fraction of sp³-hybridized carbons (Fsp3) is 1.00. The number of hydrogen-bond acceptors (Lipinski definition) is 2. The molecule has 1 rings (SSSR count). The van der Waals surface area contributed by atoms with Gasteiger partial charge in [-0.2, -0.15) is 11.8 Å². The minimum absolute atomic E-state index is 0.791. The molecule has 0 radical (unpaired) electrons. The molecule has 1 heterocycles. The third kappa shape index (κ3) is 3.36. The van der Waals surface area contributed by atoms with E-state index in [1.54, 1.807) is 0 Å². The van der Waals surface area contributed by atoms with Crippen molar-refractivity contribution in [2.24, 2.45) is 5.92 Å². The Balaban J connectivity index is 2.07. The Morgan fingerprint density at radius 2 is 2.33 bits per heavy atom. The fourth-order valence-electron chi connectivity index (χ4n) is 1.47. The Hall–Kier alpha value is 0.310. The number of nitrogens with one attached hydrogen (secondary N) is 1. The molecule has 1 aliphatic heterocycles. The minimum atomic E-state index is 0.791. The molecule has 3 atom stereocenters. The van der Waals surface area contributed by atoms with Gasteiger partial charge < -0.3 is 5.32 Å². The van der Waals surface area contributed by atoms with Crippen molar-refractivity contribution in [3.8, 4) is 0 Å². The second-order valence-corrected chi connectivity index (χ2v) is 5.47. The highest BCUT2D eigenvalue weighted by Crippen LogP contribution is 2.25. The van der Waals surface area contributed by atoms with Crippen molar-refractivity contribution in [2.75, 3.05) is 12.3 Å². The molecule has 12 heavy (non-hydrogen) atoms. The summed E-state index contributed by atoms with van der Waals surface area (Å²) in [5.41, 5.74) is 0. The quantitative estimate of drug-likeness (QED) is 0.726. The third-order valence-electron chi connectivity index (χ3n) is 2.65. The lowest BCUT2D eigenvalue weighted by Gasteiger charge is -2.14. The normalized spacial score (nSPS) is 32.2. The van der Waals surface area contributed by atoms with Crippen molar-refractivity contribution in [1.29, 1.82) is 0 Å². The predicted molar refractivity (Wildman–Crippen MR) is 57.8 cm³/mol. The van der Waals surface area contributed by atoms with E-state index in [-0.39, 0.29) is 0 Å². The SMILES string of the molecule is CCC(C)CNC1CSC(C)C1. The van der Waals surface area contributed by atoms with Crippen molar-refractivity contribution in [1.82, 2.24) is 5.32 Å². The van der Waals surface area contributed by atoms with Crippen molar-refractivity contribution in [3.63, 3.8) is 0 Å². The van der Waals surface area contributed by atoms with Gasteiger partial charge in [0.2, 0.25) is 0 Å². The van der Waals surface area contributed by atoms with E-state index in [9.17, 15) is 0 Å². The van der Waals surface area contributed by atoms with Crippen LogP contribution >= 0.6 is 11.8 Å². The van der Waals surface area contributed by atoms with Crippen LogP contribution in [0.3, 0.4) is 0 Å². The van der Waals surface area contributed by atoms with Gasteiger partial charge in [0.25, 0.3) is 0 Å². The molecule has 72 valence electrons. The maximum atomic E-state index is 3.64. The van der Waals surface area contributed by atoms with Crippen LogP contribution in [0.5, 0.6) is 0 Å². The molecule has 1 aliphatic rings. The molecular formula is C10H21NS. The molecule has 0 amide bonds. The molecule has 3 unspecified atom stereocenters. The largest absolute Gasteiger partial charge is 0.313 e. The lowest BCUT2D eigenvalue weighted by Crippen LogP contribution is -2.32. The summed E-state index contributed by atoms with van der Waals surface area (Å²) >= 11 is 2.10. The third-order valence-corrected chi connectivity index (χ3v) is 4.01. The van der Waals surface area contributed by atoms with Gasteiger partial charge in [0.1, 0.15) is 0 Å². The zero-order valence-corrected chi connectivity index (χ0v) is 9.29. The van der Waals surface area contributed by atoms with E-state index in [0.29, 0.717) is 0 Å². The van der Waals surface area contributed by atoms with Gasteiger partial charge in [-0.3, -0.25) is 0 Å². The maximum absolute atomic E-state index is 3.64. The highest BCUT2D eigenvalue weighted by atomic mass is 32.2. The van der Waals surface area contributed by atoms with Crippen LogP contribution in [0.25, 0.3) is 0 Å². The van der Waals surface area contributed by atoms with Crippen LogP contribution in [-0.4, -0.2) is 23.6 Å². The van der Waals surface area contributed by atoms with Crippen LogP contribution in [0.1, 0.15) is 33.6 Å². The van der Waals surface area contributed by atoms with E-state index >= 15 is 0 Å². The molecule has 0 aromatic carbocycles. The molecule has 1 fully saturated rings.